The first-order valence-electron chi connectivity index (χ1n) is 9.42. The highest BCUT2D eigenvalue weighted by molar-refractivity contribution is 7.98. The van der Waals surface area contributed by atoms with Crippen molar-refractivity contribution in [2.45, 2.75) is 30.3 Å². The van der Waals surface area contributed by atoms with Gasteiger partial charge in [0.1, 0.15) is 11.8 Å². The van der Waals surface area contributed by atoms with Gasteiger partial charge in [0, 0.05) is 5.75 Å². The van der Waals surface area contributed by atoms with E-state index in [1.54, 1.807) is 13.2 Å². The van der Waals surface area contributed by atoms with Gasteiger partial charge in [-0.1, -0.05) is 48.2 Å². The Balaban J connectivity index is 1.54. The molecule has 2 aromatic carbocycles. The molecule has 2 N–H and O–H groups in total. The molecule has 3 aromatic rings. The van der Waals surface area contributed by atoms with Gasteiger partial charge in [-0.3, -0.25) is 14.9 Å². The molecule has 30 heavy (non-hydrogen) atoms. The zero-order valence-corrected chi connectivity index (χ0v) is 17.4. The minimum atomic E-state index is -0.794. The first kappa shape index (κ1) is 20.0. The molecule has 8 nitrogen and oxygen atoms in total. The summed E-state index contributed by atoms with van der Waals surface area (Å²) >= 11 is 1.45. The number of carbonyl (C=O) groups excluding carboxylic acids is 2. The maximum Gasteiger partial charge on any atom is 0.250 e. The number of nitrogens with zero attached hydrogens (tertiary/aromatic N) is 3. The maximum atomic E-state index is 13.0. The summed E-state index contributed by atoms with van der Waals surface area (Å²) in [5.74, 6) is 0.894. The minimum Gasteiger partial charge on any atom is -0.495 e. The van der Waals surface area contributed by atoms with E-state index in [4.69, 9.17) is 4.74 Å². The van der Waals surface area contributed by atoms with Gasteiger partial charge in [-0.05, 0) is 30.2 Å². The van der Waals surface area contributed by atoms with Gasteiger partial charge in [0.25, 0.3) is 0 Å². The first-order valence-corrected chi connectivity index (χ1v) is 10.4. The van der Waals surface area contributed by atoms with Crippen molar-refractivity contribution >= 4 is 35.2 Å². The number of amides is 2. The van der Waals surface area contributed by atoms with E-state index in [1.807, 2.05) is 49.4 Å². The van der Waals surface area contributed by atoms with Crippen LogP contribution in [0.2, 0.25) is 0 Å². The standard InChI is InChI=1S/C21H21N5O3S/c1-13-8-9-17(29-2)15(10-13)22-19(28)16-11-18(27)23-20-24-21(25-26(16)20)30-12-14-6-4-3-5-7-14/h3-10,16H,11-12H2,1-2H3,(H,22,28)(H,23,24,25,27)/t16-/m0/s1. The number of hydrogen-bond acceptors (Lipinski definition) is 6. The van der Waals surface area contributed by atoms with Gasteiger partial charge >= 0.3 is 0 Å². The molecule has 1 aliphatic heterocycles. The van der Waals surface area contributed by atoms with Gasteiger partial charge in [-0.15, -0.1) is 5.10 Å². The second kappa shape index (κ2) is 8.58. The van der Waals surface area contributed by atoms with Crippen LogP contribution in [-0.4, -0.2) is 33.7 Å². The van der Waals surface area contributed by atoms with Crippen molar-refractivity contribution in [3.63, 3.8) is 0 Å². The van der Waals surface area contributed by atoms with Crippen molar-refractivity contribution in [3.8, 4) is 5.75 Å². The molecule has 0 saturated heterocycles. The lowest BCUT2D eigenvalue weighted by molar-refractivity contribution is -0.125. The highest BCUT2D eigenvalue weighted by Gasteiger charge is 2.33. The van der Waals surface area contributed by atoms with Gasteiger partial charge in [0.2, 0.25) is 22.9 Å². The van der Waals surface area contributed by atoms with Crippen molar-refractivity contribution in [2.75, 3.05) is 17.7 Å². The number of carbonyl (C=O) groups is 2. The van der Waals surface area contributed by atoms with E-state index in [0.29, 0.717) is 22.3 Å². The molecule has 9 heteroatoms. The van der Waals surface area contributed by atoms with E-state index in [9.17, 15) is 9.59 Å². The summed E-state index contributed by atoms with van der Waals surface area (Å²) in [7, 11) is 1.54. The van der Waals surface area contributed by atoms with Crippen LogP contribution in [0.3, 0.4) is 0 Å². The fourth-order valence-electron chi connectivity index (χ4n) is 3.17. The Morgan fingerprint density at radius 1 is 1.30 bits per heavy atom. The van der Waals surface area contributed by atoms with Gasteiger partial charge in [-0.2, -0.15) is 4.98 Å². The fraction of sp³-hybridized carbons (Fsp3) is 0.238. The van der Waals surface area contributed by atoms with E-state index in [1.165, 1.54) is 16.4 Å². The van der Waals surface area contributed by atoms with Crippen LogP contribution in [0.4, 0.5) is 11.6 Å². The van der Waals surface area contributed by atoms with E-state index >= 15 is 0 Å². The topological polar surface area (TPSA) is 98.1 Å². The van der Waals surface area contributed by atoms with Crippen LogP contribution in [0.5, 0.6) is 5.75 Å². The second-order valence-corrected chi connectivity index (χ2v) is 7.84. The smallest absolute Gasteiger partial charge is 0.250 e. The highest BCUT2D eigenvalue weighted by atomic mass is 32.2. The Kier molecular flexibility index (Phi) is 5.71. The van der Waals surface area contributed by atoms with E-state index in [0.717, 1.165) is 11.1 Å². The van der Waals surface area contributed by atoms with Crippen LogP contribution in [0.25, 0.3) is 0 Å². The summed E-state index contributed by atoms with van der Waals surface area (Å²) in [5, 5.41) is 10.5. The van der Waals surface area contributed by atoms with Gasteiger partial charge in [-0.25, -0.2) is 4.68 Å². The second-order valence-electron chi connectivity index (χ2n) is 6.90. The number of anilines is 2. The van der Waals surface area contributed by atoms with Gasteiger partial charge in [0.15, 0.2) is 0 Å². The minimum absolute atomic E-state index is 0.0148. The van der Waals surface area contributed by atoms with Gasteiger partial charge < -0.3 is 10.1 Å². The van der Waals surface area contributed by atoms with Crippen molar-refractivity contribution < 1.29 is 14.3 Å². The number of thioether (sulfide) groups is 1. The molecule has 0 spiro atoms. The summed E-state index contributed by atoms with van der Waals surface area (Å²) in [6, 6.07) is 14.7. The molecule has 154 valence electrons. The number of fused-ring (bicyclic) bond motifs is 1. The van der Waals surface area contributed by atoms with Crippen LogP contribution in [-0.2, 0) is 15.3 Å². The van der Waals surface area contributed by atoms with Crippen LogP contribution < -0.4 is 15.4 Å². The predicted molar refractivity (Wildman–Crippen MR) is 115 cm³/mol. The summed E-state index contributed by atoms with van der Waals surface area (Å²) in [4.78, 5) is 29.5. The third-order valence-electron chi connectivity index (χ3n) is 4.66. The monoisotopic (exact) mass is 423 g/mol. The van der Waals surface area contributed by atoms with Gasteiger partial charge in [0.05, 0.1) is 19.2 Å². The third kappa shape index (κ3) is 4.30. The first-order chi connectivity index (χ1) is 14.5. The Hall–Kier alpha value is -3.33. The van der Waals surface area contributed by atoms with Crippen LogP contribution in [0.15, 0.2) is 53.7 Å². The number of rotatable bonds is 6. The number of methoxy groups -OCH3 is 1. The van der Waals surface area contributed by atoms with E-state index in [2.05, 4.69) is 20.7 Å². The number of hydrogen-bond donors (Lipinski definition) is 2. The Bertz CT molecular complexity index is 1080. The molecule has 0 saturated carbocycles. The molecule has 1 atom stereocenters. The molecular formula is C21H21N5O3S. The fourth-order valence-corrected chi connectivity index (χ4v) is 3.95. The van der Waals surface area contributed by atoms with Crippen LogP contribution in [0.1, 0.15) is 23.6 Å². The maximum absolute atomic E-state index is 13.0. The Morgan fingerprint density at radius 2 is 2.10 bits per heavy atom. The van der Waals surface area contributed by atoms with Crippen molar-refractivity contribution in [2.24, 2.45) is 0 Å². The molecule has 0 unspecified atom stereocenters. The SMILES string of the molecule is COc1ccc(C)cc1NC(=O)[C@@H]1CC(=O)Nc2nc(SCc3ccccc3)nn21. The molecule has 0 fully saturated rings. The lowest BCUT2D eigenvalue weighted by Gasteiger charge is -2.23. The van der Waals surface area contributed by atoms with Crippen LogP contribution >= 0.6 is 11.8 Å². The quantitative estimate of drug-likeness (QED) is 0.590. The molecule has 1 aromatic heterocycles. The largest absolute Gasteiger partial charge is 0.495 e. The van der Waals surface area contributed by atoms with Crippen molar-refractivity contribution in [3.05, 3.63) is 59.7 Å². The lowest BCUT2D eigenvalue weighted by atomic mass is 10.1. The number of ether oxygens (including phenoxy) is 1. The Morgan fingerprint density at radius 3 is 2.87 bits per heavy atom. The molecule has 2 heterocycles. The lowest BCUT2D eigenvalue weighted by Crippen LogP contribution is -2.36. The molecule has 0 bridgehead atoms. The van der Waals surface area contributed by atoms with E-state index < -0.39 is 6.04 Å². The average molecular weight is 423 g/mol. The normalized spacial score (nSPS) is 15.3. The Labute approximate surface area is 178 Å². The van der Waals surface area contributed by atoms with Crippen LogP contribution in [0, 0.1) is 6.92 Å². The summed E-state index contributed by atoms with van der Waals surface area (Å²) in [6.45, 7) is 1.93. The predicted octanol–water partition coefficient (Wildman–Crippen LogP) is 3.41. The highest BCUT2D eigenvalue weighted by Crippen LogP contribution is 2.30. The number of nitrogens with one attached hydrogen (secondary N) is 2. The number of benzene rings is 2. The zero-order chi connectivity index (χ0) is 21.1. The summed E-state index contributed by atoms with van der Waals surface area (Å²) in [6.07, 6.45) is -0.0148. The molecule has 2 amide bonds. The molecule has 0 radical (unpaired) electrons. The average Bonchev–Trinajstić information content (AvgIpc) is 3.15. The third-order valence-corrected chi connectivity index (χ3v) is 5.57. The van der Waals surface area contributed by atoms with E-state index in [-0.39, 0.29) is 24.2 Å². The molecule has 4 rings (SSSR count). The summed E-state index contributed by atoms with van der Waals surface area (Å²) < 4.78 is 6.80. The molecule has 0 aliphatic carbocycles. The zero-order valence-electron chi connectivity index (χ0n) is 16.6. The number of aromatic nitrogens is 3. The number of aryl methyl sites for hydroxylation is 1. The van der Waals surface area contributed by atoms with Crippen molar-refractivity contribution in [1.82, 2.24) is 14.8 Å². The molecule has 1 aliphatic rings. The summed E-state index contributed by atoms with van der Waals surface area (Å²) in [5.41, 5.74) is 2.67. The van der Waals surface area contributed by atoms with Crippen molar-refractivity contribution in [1.29, 1.82) is 0 Å². The molecular weight excluding hydrogens is 402 g/mol.